The number of Topliss-reactive ketones (excluding diaryl/α,β-unsaturated/α-hetero) is 1. The number of hydrogen-bond acceptors (Lipinski definition) is 5. The molecule has 1 aliphatic heterocycles. The summed E-state index contributed by atoms with van der Waals surface area (Å²) in [7, 11) is 1.67. The van der Waals surface area contributed by atoms with Crippen molar-refractivity contribution in [3.8, 4) is 17.2 Å². The lowest BCUT2D eigenvalue weighted by Crippen LogP contribution is -2.15. The Kier molecular flexibility index (Phi) is 6.23. The summed E-state index contributed by atoms with van der Waals surface area (Å²) in [4.78, 5) is 13.1. The number of unbranched alkanes of at least 4 members (excludes halogenated alkanes) is 1. The molecule has 1 heterocycles. The predicted octanol–water partition coefficient (Wildman–Crippen LogP) is 4.61. The van der Waals surface area contributed by atoms with E-state index in [0.29, 0.717) is 30.9 Å². The van der Waals surface area contributed by atoms with Gasteiger partial charge in [0.1, 0.15) is 17.2 Å². The molecule has 0 fully saturated rings. The topological polar surface area (TPSA) is 44.8 Å². The van der Waals surface area contributed by atoms with Gasteiger partial charge < -0.3 is 14.2 Å². The first-order valence-electron chi connectivity index (χ1n) is 8.46. The summed E-state index contributed by atoms with van der Waals surface area (Å²) in [5.74, 6) is 3.46. The fourth-order valence-corrected chi connectivity index (χ4v) is 3.50. The van der Waals surface area contributed by atoms with Crippen LogP contribution in [0.2, 0.25) is 0 Å². The van der Waals surface area contributed by atoms with Crippen molar-refractivity contribution in [3.05, 3.63) is 48.0 Å². The molecule has 0 amide bonds. The maximum Gasteiger partial charge on any atom is 0.170 e. The number of hydrogen-bond donors (Lipinski definition) is 0. The quantitative estimate of drug-likeness (QED) is 0.509. The van der Waals surface area contributed by atoms with E-state index in [1.807, 2.05) is 36.0 Å². The van der Waals surface area contributed by atoms with E-state index >= 15 is 0 Å². The molecule has 0 aliphatic carbocycles. The SMILES string of the molecule is COc1ccc(SCCCCOc2ccc3c(c2)C(=O)CCO3)cc1. The van der Waals surface area contributed by atoms with E-state index < -0.39 is 0 Å². The molecule has 2 aromatic rings. The van der Waals surface area contributed by atoms with Gasteiger partial charge in [0.05, 0.1) is 25.9 Å². The molecule has 0 bridgehead atoms. The Bertz CT molecular complexity index is 712. The van der Waals surface area contributed by atoms with Gasteiger partial charge in [0.25, 0.3) is 0 Å². The number of benzene rings is 2. The van der Waals surface area contributed by atoms with Crippen LogP contribution in [0, 0.1) is 0 Å². The fourth-order valence-electron chi connectivity index (χ4n) is 2.59. The average molecular weight is 358 g/mol. The molecule has 132 valence electrons. The van der Waals surface area contributed by atoms with E-state index in [-0.39, 0.29) is 5.78 Å². The summed E-state index contributed by atoms with van der Waals surface area (Å²) in [6.07, 6.45) is 2.49. The van der Waals surface area contributed by atoms with Gasteiger partial charge in [0, 0.05) is 11.3 Å². The van der Waals surface area contributed by atoms with Crippen molar-refractivity contribution >= 4 is 17.5 Å². The molecule has 25 heavy (non-hydrogen) atoms. The van der Waals surface area contributed by atoms with Crippen LogP contribution in [-0.4, -0.2) is 31.9 Å². The van der Waals surface area contributed by atoms with Crippen LogP contribution in [0.3, 0.4) is 0 Å². The lowest BCUT2D eigenvalue weighted by Gasteiger charge is -2.17. The number of ether oxygens (including phenoxy) is 3. The minimum absolute atomic E-state index is 0.127. The van der Waals surface area contributed by atoms with Crippen molar-refractivity contribution < 1.29 is 19.0 Å². The van der Waals surface area contributed by atoms with Crippen molar-refractivity contribution in [1.82, 2.24) is 0 Å². The zero-order valence-corrected chi connectivity index (χ0v) is 15.1. The van der Waals surface area contributed by atoms with Gasteiger partial charge in [-0.2, -0.15) is 0 Å². The Hall–Kier alpha value is -2.14. The highest BCUT2D eigenvalue weighted by Gasteiger charge is 2.18. The molecular weight excluding hydrogens is 336 g/mol. The number of ketones is 1. The highest BCUT2D eigenvalue weighted by Crippen LogP contribution is 2.28. The van der Waals surface area contributed by atoms with E-state index in [2.05, 4.69) is 12.1 Å². The highest BCUT2D eigenvalue weighted by molar-refractivity contribution is 7.99. The maximum absolute atomic E-state index is 11.9. The Morgan fingerprint density at radius 1 is 1.08 bits per heavy atom. The molecule has 0 unspecified atom stereocenters. The van der Waals surface area contributed by atoms with E-state index in [1.54, 1.807) is 13.2 Å². The Labute approximate surface area is 152 Å². The maximum atomic E-state index is 11.9. The van der Waals surface area contributed by atoms with E-state index in [9.17, 15) is 4.79 Å². The average Bonchev–Trinajstić information content (AvgIpc) is 2.65. The van der Waals surface area contributed by atoms with Crippen LogP contribution in [-0.2, 0) is 0 Å². The second kappa shape index (κ2) is 8.81. The summed E-state index contributed by atoms with van der Waals surface area (Å²) in [6.45, 7) is 1.12. The third-order valence-corrected chi connectivity index (χ3v) is 5.07. The van der Waals surface area contributed by atoms with Gasteiger partial charge in [-0.3, -0.25) is 4.79 Å². The molecular formula is C20H22O4S. The number of carbonyl (C=O) groups is 1. The van der Waals surface area contributed by atoms with Crippen molar-refractivity contribution in [2.45, 2.75) is 24.2 Å². The van der Waals surface area contributed by atoms with E-state index in [0.717, 1.165) is 30.1 Å². The minimum Gasteiger partial charge on any atom is -0.497 e. The zero-order valence-electron chi connectivity index (χ0n) is 14.3. The largest absolute Gasteiger partial charge is 0.497 e. The number of rotatable bonds is 8. The molecule has 5 heteroatoms. The van der Waals surface area contributed by atoms with Gasteiger partial charge in [-0.1, -0.05) is 0 Å². The van der Waals surface area contributed by atoms with Crippen LogP contribution >= 0.6 is 11.8 Å². The summed E-state index contributed by atoms with van der Waals surface area (Å²) in [5.41, 5.74) is 0.638. The van der Waals surface area contributed by atoms with Gasteiger partial charge >= 0.3 is 0 Å². The molecule has 0 spiro atoms. The monoisotopic (exact) mass is 358 g/mol. The summed E-state index contributed by atoms with van der Waals surface area (Å²) < 4.78 is 16.4. The number of thioether (sulfide) groups is 1. The van der Waals surface area contributed by atoms with Crippen LogP contribution in [0.4, 0.5) is 0 Å². The Morgan fingerprint density at radius 2 is 1.88 bits per heavy atom. The first-order valence-corrected chi connectivity index (χ1v) is 9.44. The lowest BCUT2D eigenvalue weighted by atomic mass is 10.0. The molecule has 4 nitrogen and oxygen atoms in total. The molecule has 0 N–H and O–H groups in total. The minimum atomic E-state index is 0.127. The van der Waals surface area contributed by atoms with E-state index in [1.165, 1.54) is 4.90 Å². The van der Waals surface area contributed by atoms with Crippen molar-refractivity contribution in [1.29, 1.82) is 0 Å². The summed E-state index contributed by atoms with van der Waals surface area (Å²) >= 11 is 1.83. The fraction of sp³-hybridized carbons (Fsp3) is 0.350. The number of methoxy groups -OCH3 is 1. The number of carbonyl (C=O) groups excluding carboxylic acids is 1. The highest BCUT2D eigenvalue weighted by atomic mass is 32.2. The van der Waals surface area contributed by atoms with Gasteiger partial charge in [-0.05, 0) is 61.1 Å². The van der Waals surface area contributed by atoms with Crippen LogP contribution < -0.4 is 14.2 Å². The van der Waals surface area contributed by atoms with Crippen LogP contribution in [0.25, 0.3) is 0 Å². The molecule has 3 rings (SSSR count). The lowest BCUT2D eigenvalue weighted by molar-refractivity contribution is 0.0932. The third kappa shape index (κ3) is 4.92. The molecule has 0 saturated carbocycles. The van der Waals surface area contributed by atoms with Crippen molar-refractivity contribution in [3.63, 3.8) is 0 Å². The van der Waals surface area contributed by atoms with Gasteiger partial charge in [-0.25, -0.2) is 0 Å². The zero-order chi connectivity index (χ0) is 17.5. The summed E-state index contributed by atoms with van der Waals surface area (Å²) in [6, 6.07) is 13.6. The molecule has 1 aliphatic rings. The first kappa shape index (κ1) is 17.7. The molecule has 0 atom stereocenters. The molecule has 0 aromatic heterocycles. The normalized spacial score (nSPS) is 13.1. The third-order valence-electron chi connectivity index (χ3n) is 3.97. The first-order chi connectivity index (χ1) is 12.3. The van der Waals surface area contributed by atoms with Gasteiger partial charge in [-0.15, -0.1) is 11.8 Å². The molecule has 2 aromatic carbocycles. The van der Waals surface area contributed by atoms with Gasteiger partial charge in [0.15, 0.2) is 5.78 Å². The van der Waals surface area contributed by atoms with E-state index in [4.69, 9.17) is 14.2 Å². The van der Waals surface area contributed by atoms with Crippen LogP contribution in [0.15, 0.2) is 47.4 Å². The number of fused-ring (bicyclic) bond motifs is 1. The predicted molar refractivity (Wildman–Crippen MR) is 99.3 cm³/mol. The molecule has 0 saturated heterocycles. The van der Waals surface area contributed by atoms with Crippen molar-refractivity contribution in [2.75, 3.05) is 26.1 Å². The molecule has 0 radical (unpaired) electrons. The van der Waals surface area contributed by atoms with Crippen LogP contribution in [0.5, 0.6) is 17.2 Å². The van der Waals surface area contributed by atoms with Crippen LogP contribution in [0.1, 0.15) is 29.6 Å². The van der Waals surface area contributed by atoms with Crippen molar-refractivity contribution in [2.24, 2.45) is 0 Å². The Balaban J connectivity index is 1.37. The second-order valence-corrected chi connectivity index (χ2v) is 6.93. The standard InChI is InChI=1S/C20H22O4S/c1-22-15-4-7-17(8-5-15)25-13-3-2-11-23-16-6-9-20-18(14-16)19(21)10-12-24-20/h4-9,14H,2-3,10-13H2,1H3. The summed E-state index contributed by atoms with van der Waals surface area (Å²) in [5, 5.41) is 0. The van der Waals surface area contributed by atoms with Gasteiger partial charge in [0.2, 0.25) is 0 Å². The Morgan fingerprint density at radius 3 is 2.68 bits per heavy atom. The second-order valence-electron chi connectivity index (χ2n) is 5.76. The smallest absolute Gasteiger partial charge is 0.170 e.